The maximum absolute atomic E-state index is 11.8. The van der Waals surface area contributed by atoms with Crippen molar-refractivity contribution >= 4 is 10.0 Å². The van der Waals surface area contributed by atoms with Crippen LogP contribution in [0.4, 0.5) is 0 Å². The average molecular weight is 296 g/mol. The van der Waals surface area contributed by atoms with Crippen LogP contribution in [0.25, 0.3) is 0 Å². The second-order valence-corrected chi connectivity index (χ2v) is 6.15. The zero-order chi connectivity index (χ0) is 15.0. The van der Waals surface area contributed by atoms with E-state index in [2.05, 4.69) is 16.6 Å². The monoisotopic (exact) mass is 296 g/mol. The summed E-state index contributed by atoms with van der Waals surface area (Å²) in [6.07, 6.45) is 0. The van der Waals surface area contributed by atoms with Gasteiger partial charge in [-0.25, -0.2) is 13.1 Å². The van der Waals surface area contributed by atoms with E-state index in [1.807, 2.05) is 24.3 Å². The summed E-state index contributed by atoms with van der Waals surface area (Å²) in [6.45, 7) is 2.29. The number of benzene rings is 1. The van der Waals surface area contributed by atoms with Gasteiger partial charge in [0.2, 0.25) is 10.0 Å². The van der Waals surface area contributed by atoms with Gasteiger partial charge >= 0.3 is 0 Å². The maximum Gasteiger partial charge on any atom is 0.214 e. The highest BCUT2D eigenvalue weighted by Gasteiger charge is 2.15. The van der Waals surface area contributed by atoms with Gasteiger partial charge in [-0.1, -0.05) is 24.0 Å². The number of sulfonamides is 1. The molecule has 0 bridgehead atoms. The van der Waals surface area contributed by atoms with Crippen molar-refractivity contribution < 1.29 is 13.2 Å². The first-order valence-electron chi connectivity index (χ1n) is 6.26. The SMILES string of the molecule is COCCS(=O)(=O)NC(C)c1ccc(C#CCN)cc1. The molecule has 20 heavy (non-hydrogen) atoms. The fourth-order valence-corrected chi connectivity index (χ4v) is 2.78. The van der Waals surface area contributed by atoms with E-state index in [-0.39, 0.29) is 18.4 Å². The first-order valence-corrected chi connectivity index (χ1v) is 7.91. The predicted octanol–water partition coefficient (Wildman–Crippen LogP) is 0.624. The van der Waals surface area contributed by atoms with Crippen molar-refractivity contribution in [3.8, 4) is 11.8 Å². The molecule has 6 heteroatoms. The molecule has 1 unspecified atom stereocenters. The first kappa shape index (κ1) is 16.7. The molecule has 0 aliphatic heterocycles. The molecule has 0 aliphatic carbocycles. The van der Waals surface area contributed by atoms with Gasteiger partial charge in [0.05, 0.1) is 18.9 Å². The molecular formula is C14H20N2O3S. The van der Waals surface area contributed by atoms with Crippen LogP contribution in [0.15, 0.2) is 24.3 Å². The van der Waals surface area contributed by atoms with E-state index < -0.39 is 10.0 Å². The van der Waals surface area contributed by atoms with E-state index in [0.717, 1.165) is 11.1 Å². The zero-order valence-corrected chi connectivity index (χ0v) is 12.5. The zero-order valence-electron chi connectivity index (χ0n) is 11.7. The van der Waals surface area contributed by atoms with E-state index in [1.165, 1.54) is 7.11 Å². The molecule has 0 aromatic heterocycles. The highest BCUT2D eigenvalue weighted by molar-refractivity contribution is 7.89. The smallest absolute Gasteiger partial charge is 0.214 e. The summed E-state index contributed by atoms with van der Waals surface area (Å²) in [5.74, 6) is 5.64. The largest absolute Gasteiger partial charge is 0.384 e. The molecule has 110 valence electrons. The number of hydrogen-bond donors (Lipinski definition) is 2. The lowest BCUT2D eigenvalue weighted by Crippen LogP contribution is -2.30. The lowest BCUT2D eigenvalue weighted by Gasteiger charge is -2.14. The van der Waals surface area contributed by atoms with Gasteiger partial charge in [-0.05, 0) is 24.6 Å². The van der Waals surface area contributed by atoms with Gasteiger partial charge in [0.1, 0.15) is 0 Å². The third kappa shape index (κ3) is 5.72. The third-order valence-corrected chi connectivity index (χ3v) is 4.07. The van der Waals surface area contributed by atoms with Gasteiger partial charge in [-0.3, -0.25) is 0 Å². The highest BCUT2D eigenvalue weighted by atomic mass is 32.2. The summed E-state index contributed by atoms with van der Waals surface area (Å²) in [5, 5.41) is 0. The fourth-order valence-electron chi connectivity index (χ4n) is 1.60. The summed E-state index contributed by atoms with van der Waals surface area (Å²) < 4.78 is 30.9. The Morgan fingerprint density at radius 3 is 2.55 bits per heavy atom. The molecule has 0 heterocycles. The normalized spacial score (nSPS) is 12.6. The van der Waals surface area contributed by atoms with Crippen LogP contribution >= 0.6 is 0 Å². The van der Waals surface area contributed by atoms with Crippen molar-refractivity contribution in [1.29, 1.82) is 0 Å². The summed E-state index contributed by atoms with van der Waals surface area (Å²) in [6, 6.07) is 7.10. The number of methoxy groups -OCH3 is 1. The molecule has 0 saturated carbocycles. The standard InChI is InChI=1S/C14H20N2O3S/c1-12(16-20(17,18)11-10-19-2)14-7-5-13(6-8-14)4-3-9-15/h5-8,12,16H,9-11,15H2,1-2H3. The molecule has 0 saturated heterocycles. The summed E-state index contributed by atoms with van der Waals surface area (Å²) in [7, 11) is -1.86. The van der Waals surface area contributed by atoms with Crippen molar-refractivity contribution in [3.05, 3.63) is 35.4 Å². The van der Waals surface area contributed by atoms with Crippen LogP contribution in [-0.4, -0.2) is 34.4 Å². The van der Waals surface area contributed by atoms with E-state index in [0.29, 0.717) is 6.54 Å². The first-order chi connectivity index (χ1) is 9.48. The van der Waals surface area contributed by atoms with Crippen LogP contribution in [0.1, 0.15) is 24.1 Å². The summed E-state index contributed by atoms with van der Waals surface area (Å²) in [4.78, 5) is 0. The molecule has 5 nitrogen and oxygen atoms in total. The van der Waals surface area contributed by atoms with Crippen molar-refractivity contribution in [2.24, 2.45) is 5.73 Å². The quantitative estimate of drug-likeness (QED) is 0.754. The molecule has 0 spiro atoms. The molecule has 1 aromatic rings. The van der Waals surface area contributed by atoms with Gasteiger partial charge in [-0.2, -0.15) is 0 Å². The summed E-state index contributed by atoms with van der Waals surface area (Å²) >= 11 is 0. The van der Waals surface area contributed by atoms with Crippen LogP contribution in [0.2, 0.25) is 0 Å². The molecule has 0 amide bonds. The topological polar surface area (TPSA) is 81.4 Å². The van der Waals surface area contributed by atoms with E-state index >= 15 is 0 Å². The van der Waals surface area contributed by atoms with Gasteiger partial charge in [0.25, 0.3) is 0 Å². The van der Waals surface area contributed by atoms with Gasteiger partial charge in [-0.15, -0.1) is 0 Å². The second-order valence-electron chi connectivity index (χ2n) is 4.28. The average Bonchev–Trinajstić information content (AvgIpc) is 2.43. The Balaban J connectivity index is 2.70. The van der Waals surface area contributed by atoms with Crippen LogP contribution in [0, 0.1) is 11.8 Å². The number of rotatable bonds is 6. The molecule has 0 fully saturated rings. The Morgan fingerprint density at radius 1 is 1.35 bits per heavy atom. The van der Waals surface area contributed by atoms with E-state index in [4.69, 9.17) is 10.5 Å². The third-order valence-electron chi connectivity index (χ3n) is 2.66. The minimum Gasteiger partial charge on any atom is -0.384 e. The van der Waals surface area contributed by atoms with Crippen molar-refractivity contribution in [2.75, 3.05) is 26.0 Å². The molecular weight excluding hydrogens is 276 g/mol. The second kappa shape index (κ2) is 8.02. The summed E-state index contributed by atoms with van der Waals surface area (Å²) in [5.41, 5.74) is 7.04. The Kier molecular flexibility index (Phi) is 6.68. The molecule has 1 aromatic carbocycles. The van der Waals surface area contributed by atoms with Crippen molar-refractivity contribution in [2.45, 2.75) is 13.0 Å². The Bertz CT molecular complexity index is 571. The van der Waals surface area contributed by atoms with Crippen LogP contribution < -0.4 is 10.5 Å². The van der Waals surface area contributed by atoms with Crippen molar-refractivity contribution in [1.82, 2.24) is 4.72 Å². The van der Waals surface area contributed by atoms with Crippen molar-refractivity contribution in [3.63, 3.8) is 0 Å². The maximum atomic E-state index is 11.8. The minimum atomic E-state index is -3.33. The van der Waals surface area contributed by atoms with Crippen LogP contribution in [0.3, 0.4) is 0 Å². The highest BCUT2D eigenvalue weighted by Crippen LogP contribution is 2.14. The van der Waals surface area contributed by atoms with Gasteiger partial charge in [0.15, 0.2) is 0 Å². The molecule has 3 N–H and O–H groups in total. The fraction of sp³-hybridized carbons (Fsp3) is 0.429. The molecule has 1 atom stereocenters. The molecule has 0 aliphatic rings. The van der Waals surface area contributed by atoms with E-state index in [9.17, 15) is 8.42 Å². The Morgan fingerprint density at radius 2 is 2.00 bits per heavy atom. The molecule has 1 rings (SSSR count). The number of nitrogens with two attached hydrogens (primary N) is 1. The number of hydrogen-bond acceptors (Lipinski definition) is 4. The minimum absolute atomic E-state index is 0.0477. The van der Waals surface area contributed by atoms with Gasteiger partial charge in [0, 0.05) is 18.7 Å². The Labute approximate surface area is 120 Å². The Hall–Kier alpha value is -1.39. The lowest BCUT2D eigenvalue weighted by molar-refractivity contribution is 0.216. The predicted molar refractivity (Wildman–Crippen MR) is 79.6 cm³/mol. The van der Waals surface area contributed by atoms with E-state index in [1.54, 1.807) is 6.92 Å². The number of ether oxygens (including phenoxy) is 1. The van der Waals surface area contributed by atoms with Crippen LogP contribution in [-0.2, 0) is 14.8 Å². The van der Waals surface area contributed by atoms with Crippen LogP contribution in [0.5, 0.6) is 0 Å². The lowest BCUT2D eigenvalue weighted by atomic mass is 10.1. The molecule has 0 radical (unpaired) electrons. The number of nitrogens with one attached hydrogen (secondary N) is 1. The van der Waals surface area contributed by atoms with Gasteiger partial charge < -0.3 is 10.5 Å².